The number of ether oxygens (including phenoxy) is 2. The molecule has 1 saturated heterocycles. The summed E-state index contributed by atoms with van der Waals surface area (Å²) in [5.41, 5.74) is 6.20. The number of benzene rings is 1. The monoisotopic (exact) mass is 305 g/mol. The lowest BCUT2D eigenvalue weighted by Gasteiger charge is -2.20. The molecular formula is C15H19N3O4. The number of hydrogen-bond acceptors (Lipinski definition) is 4. The Bertz CT molecular complexity index is 590. The van der Waals surface area contributed by atoms with E-state index in [0.717, 1.165) is 11.3 Å². The van der Waals surface area contributed by atoms with E-state index in [4.69, 9.17) is 15.2 Å². The Morgan fingerprint density at radius 2 is 2.05 bits per heavy atom. The highest BCUT2D eigenvalue weighted by Crippen LogP contribution is 2.30. The number of rotatable bonds is 3. The zero-order valence-corrected chi connectivity index (χ0v) is 12.2. The van der Waals surface area contributed by atoms with Gasteiger partial charge < -0.3 is 25.4 Å². The number of carbonyl (C=O) groups excluding carboxylic acids is 2. The van der Waals surface area contributed by atoms with Crippen LogP contribution in [0.5, 0.6) is 11.5 Å². The van der Waals surface area contributed by atoms with Gasteiger partial charge in [-0.1, -0.05) is 6.07 Å². The van der Waals surface area contributed by atoms with Crippen LogP contribution in [0.3, 0.4) is 0 Å². The van der Waals surface area contributed by atoms with E-state index in [1.165, 1.54) is 0 Å². The average Bonchev–Trinajstić information content (AvgIpc) is 3.03. The fraction of sp³-hybridized carbons (Fsp3) is 0.467. The van der Waals surface area contributed by atoms with Crippen molar-refractivity contribution in [2.24, 2.45) is 11.7 Å². The van der Waals surface area contributed by atoms with Crippen LogP contribution in [0.25, 0.3) is 0 Å². The van der Waals surface area contributed by atoms with Crippen LogP contribution in [0.4, 0.5) is 4.79 Å². The number of nitrogens with two attached hydrogens (primary N) is 1. The number of amides is 3. The van der Waals surface area contributed by atoms with Gasteiger partial charge in [0.05, 0.1) is 5.92 Å². The summed E-state index contributed by atoms with van der Waals surface area (Å²) in [6, 6.07) is 5.42. The SMILES string of the molecule is NC(=O)C1CCN(C(=O)NCc2ccc3c(c2)OCCO3)C1. The van der Waals surface area contributed by atoms with Crippen LogP contribution in [-0.2, 0) is 11.3 Å². The van der Waals surface area contributed by atoms with Crippen molar-refractivity contribution in [2.45, 2.75) is 13.0 Å². The van der Waals surface area contributed by atoms with Gasteiger partial charge in [-0.2, -0.15) is 0 Å². The summed E-state index contributed by atoms with van der Waals surface area (Å²) in [6.45, 7) is 2.43. The molecule has 0 aliphatic carbocycles. The number of urea groups is 1. The highest BCUT2D eigenvalue weighted by molar-refractivity contribution is 5.80. The molecule has 1 aromatic carbocycles. The van der Waals surface area contributed by atoms with E-state index < -0.39 is 0 Å². The third-order valence-electron chi connectivity index (χ3n) is 3.93. The van der Waals surface area contributed by atoms with Gasteiger partial charge >= 0.3 is 6.03 Å². The summed E-state index contributed by atoms with van der Waals surface area (Å²) in [7, 11) is 0. The first-order valence-corrected chi connectivity index (χ1v) is 7.34. The zero-order valence-electron chi connectivity index (χ0n) is 12.2. The van der Waals surface area contributed by atoms with Crippen LogP contribution >= 0.6 is 0 Å². The van der Waals surface area contributed by atoms with E-state index in [-0.39, 0.29) is 17.9 Å². The molecule has 3 rings (SSSR count). The first-order chi connectivity index (χ1) is 10.6. The quantitative estimate of drug-likeness (QED) is 0.849. The van der Waals surface area contributed by atoms with Crippen molar-refractivity contribution < 1.29 is 19.1 Å². The highest BCUT2D eigenvalue weighted by Gasteiger charge is 2.29. The van der Waals surface area contributed by atoms with Gasteiger partial charge in [0.1, 0.15) is 13.2 Å². The molecule has 0 aromatic heterocycles. The maximum Gasteiger partial charge on any atom is 0.317 e. The molecule has 0 spiro atoms. The molecule has 2 aliphatic heterocycles. The van der Waals surface area contributed by atoms with Crippen molar-refractivity contribution >= 4 is 11.9 Å². The van der Waals surface area contributed by atoms with Gasteiger partial charge in [-0.05, 0) is 24.1 Å². The fourth-order valence-corrected chi connectivity index (χ4v) is 2.66. The summed E-state index contributed by atoms with van der Waals surface area (Å²) >= 11 is 0. The highest BCUT2D eigenvalue weighted by atomic mass is 16.6. The Morgan fingerprint density at radius 1 is 1.27 bits per heavy atom. The molecule has 1 fully saturated rings. The van der Waals surface area contributed by atoms with Gasteiger partial charge in [-0.3, -0.25) is 4.79 Å². The molecule has 3 N–H and O–H groups in total. The summed E-state index contributed by atoms with van der Waals surface area (Å²) in [6.07, 6.45) is 0.632. The lowest BCUT2D eigenvalue weighted by molar-refractivity contribution is -0.121. The Labute approximate surface area is 128 Å². The van der Waals surface area contributed by atoms with Crippen LogP contribution in [0.2, 0.25) is 0 Å². The maximum atomic E-state index is 12.1. The van der Waals surface area contributed by atoms with Gasteiger partial charge in [-0.15, -0.1) is 0 Å². The summed E-state index contributed by atoms with van der Waals surface area (Å²) in [5, 5.41) is 2.85. The number of fused-ring (bicyclic) bond motifs is 1. The molecule has 3 amide bonds. The lowest BCUT2D eigenvalue weighted by Crippen LogP contribution is -2.39. The topological polar surface area (TPSA) is 93.9 Å². The minimum atomic E-state index is -0.345. The smallest absolute Gasteiger partial charge is 0.317 e. The van der Waals surface area contributed by atoms with Gasteiger partial charge in [0.2, 0.25) is 5.91 Å². The number of carbonyl (C=O) groups is 2. The van der Waals surface area contributed by atoms with Gasteiger partial charge in [0.15, 0.2) is 11.5 Å². The van der Waals surface area contributed by atoms with Gasteiger partial charge in [0.25, 0.3) is 0 Å². The molecule has 0 radical (unpaired) electrons. The average molecular weight is 305 g/mol. The minimum Gasteiger partial charge on any atom is -0.486 e. The summed E-state index contributed by atoms with van der Waals surface area (Å²) in [5.74, 6) is 0.848. The molecule has 0 saturated carbocycles. The van der Waals surface area contributed by atoms with E-state index in [9.17, 15) is 9.59 Å². The molecule has 22 heavy (non-hydrogen) atoms. The van der Waals surface area contributed by atoms with Crippen molar-refractivity contribution in [3.05, 3.63) is 23.8 Å². The van der Waals surface area contributed by atoms with Crippen molar-refractivity contribution in [1.82, 2.24) is 10.2 Å². The Kier molecular flexibility index (Phi) is 4.04. The molecular weight excluding hydrogens is 286 g/mol. The zero-order chi connectivity index (χ0) is 15.5. The van der Waals surface area contributed by atoms with Crippen molar-refractivity contribution in [3.63, 3.8) is 0 Å². The largest absolute Gasteiger partial charge is 0.486 e. The first-order valence-electron chi connectivity index (χ1n) is 7.34. The third kappa shape index (κ3) is 3.08. The van der Waals surface area contributed by atoms with Crippen molar-refractivity contribution in [3.8, 4) is 11.5 Å². The summed E-state index contributed by atoms with van der Waals surface area (Å²) < 4.78 is 11.0. The normalized spacial score (nSPS) is 19.8. The van der Waals surface area contributed by atoms with E-state index >= 15 is 0 Å². The number of hydrogen-bond donors (Lipinski definition) is 2. The standard InChI is InChI=1S/C15H19N3O4/c16-14(19)11-3-4-18(9-11)15(20)17-8-10-1-2-12-13(7-10)22-6-5-21-12/h1-2,7,11H,3-6,8-9H2,(H2,16,19)(H,17,20). The molecule has 7 nitrogen and oxygen atoms in total. The molecule has 1 aromatic rings. The molecule has 1 atom stereocenters. The molecule has 118 valence electrons. The molecule has 7 heteroatoms. The van der Waals surface area contributed by atoms with E-state index in [0.29, 0.717) is 45.0 Å². The van der Waals surface area contributed by atoms with Gasteiger partial charge in [0, 0.05) is 19.6 Å². The van der Waals surface area contributed by atoms with Crippen molar-refractivity contribution in [2.75, 3.05) is 26.3 Å². The molecule has 2 aliphatic rings. The second-order valence-corrected chi connectivity index (χ2v) is 5.47. The number of nitrogens with zero attached hydrogens (tertiary/aromatic N) is 1. The minimum absolute atomic E-state index is 0.182. The van der Waals surface area contributed by atoms with Crippen LogP contribution < -0.4 is 20.5 Å². The first kappa shape index (κ1) is 14.5. The third-order valence-corrected chi connectivity index (χ3v) is 3.93. The lowest BCUT2D eigenvalue weighted by atomic mass is 10.1. The second kappa shape index (κ2) is 6.13. The molecule has 2 heterocycles. The predicted octanol–water partition coefficient (Wildman–Crippen LogP) is 0.475. The predicted molar refractivity (Wildman–Crippen MR) is 78.5 cm³/mol. The van der Waals surface area contributed by atoms with Crippen LogP contribution in [0, 0.1) is 5.92 Å². The fourth-order valence-electron chi connectivity index (χ4n) is 2.66. The molecule has 0 bridgehead atoms. The van der Waals surface area contributed by atoms with E-state index in [1.807, 2.05) is 18.2 Å². The van der Waals surface area contributed by atoms with E-state index in [2.05, 4.69) is 5.32 Å². The number of likely N-dealkylation sites (tertiary alicyclic amines) is 1. The van der Waals surface area contributed by atoms with E-state index in [1.54, 1.807) is 4.90 Å². The summed E-state index contributed by atoms with van der Waals surface area (Å²) in [4.78, 5) is 24.8. The van der Waals surface area contributed by atoms with Crippen molar-refractivity contribution in [1.29, 1.82) is 0 Å². The van der Waals surface area contributed by atoms with Crippen LogP contribution in [0.15, 0.2) is 18.2 Å². The number of primary amides is 1. The van der Waals surface area contributed by atoms with Crippen LogP contribution in [0.1, 0.15) is 12.0 Å². The molecule has 1 unspecified atom stereocenters. The second-order valence-electron chi connectivity index (χ2n) is 5.47. The Balaban J connectivity index is 1.54. The maximum absolute atomic E-state index is 12.1. The van der Waals surface area contributed by atoms with Crippen LogP contribution in [-0.4, -0.2) is 43.1 Å². The Hall–Kier alpha value is -2.44. The Morgan fingerprint density at radius 3 is 2.77 bits per heavy atom. The number of nitrogens with one attached hydrogen (secondary N) is 1. The van der Waals surface area contributed by atoms with Gasteiger partial charge in [-0.25, -0.2) is 4.79 Å².